The Kier molecular flexibility index (Phi) is 4.34. The van der Waals surface area contributed by atoms with E-state index in [9.17, 15) is 4.79 Å². The second kappa shape index (κ2) is 6.58. The van der Waals surface area contributed by atoms with E-state index < -0.39 is 0 Å². The molecule has 4 nitrogen and oxygen atoms in total. The SMILES string of the molecule is Cc1ccc2sc(C(=O)NCCNc3ccncc3)cc2c1. The van der Waals surface area contributed by atoms with Gasteiger partial charge in [-0.15, -0.1) is 11.3 Å². The van der Waals surface area contributed by atoms with Crippen molar-refractivity contribution in [1.29, 1.82) is 0 Å². The number of pyridine rings is 1. The maximum Gasteiger partial charge on any atom is 0.261 e. The molecule has 0 fully saturated rings. The van der Waals surface area contributed by atoms with Crippen LogP contribution in [-0.4, -0.2) is 24.0 Å². The molecule has 2 heterocycles. The molecule has 3 rings (SSSR count). The number of hydrogen-bond donors (Lipinski definition) is 2. The van der Waals surface area contributed by atoms with Gasteiger partial charge in [-0.2, -0.15) is 0 Å². The van der Waals surface area contributed by atoms with Gasteiger partial charge in [0, 0.05) is 35.9 Å². The van der Waals surface area contributed by atoms with E-state index in [4.69, 9.17) is 0 Å². The molecule has 5 heteroatoms. The molecule has 0 aliphatic heterocycles. The molecule has 0 saturated heterocycles. The van der Waals surface area contributed by atoms with Crippen molar-refractivity contribution >= 4 is 33.0 Å². The van der Waals surface area contributed by atoms with E-state index in [2.05, 4.69) is 40.7 Å². The Morgan fingerprint density at radius 2 is 1.95 bits per heavy atom. The van der Waals surface area contributed by atoms with Crippen LogP contribution in [0.3, 0.4) is 0 Å². The second-order valence-corrected chi connectivity index (χ2v) is 6.15. The first-order chi connectivity index (χ1) is 10.7. The predicted octanol–water partition coefficient (Wildman–Crippen LogP) is 3.45. The number of aromatic nitrogens is 1. The van der Waals surface area contributed by atoms with Crippen molar-refractivity contribution in [2.24, 2.45) is 0 Å². The molecule has 1 aromatic carbocycles. The van der Waals surface area contributed by atoms with Crippen molar-refractivity contribution in [2.45, 2.75) is 6.92 Å². The second-order valence-electron chi connectivity index (χ2n) is 5.07. The number of carbonyl (C=O) groups excluding carboxylic acids is 1. The molecule has 0 aliphatic rings. The summed E-state index contributed by atoms with van der Waals surface area (Å²) in [5.41, 5.74) is 2.21. The van der Waals surface area contributed by atoms with Crippen molar-refractivity contribution in [3.8, 4) is 0 Å². The van der Waals surface area contributed by atoms with Crippen LogP contribution in [0, 0.1) is 6.92 Å². The molecule has 0 spiro atoms. The molecule has 0 bridgehead atoms. The summed E-state index contributed by atoms with van der Waals surface area (Å²) in [7, 11) is 0. The van der Waals surface area contributed by atoms with Gasteiger partial charge in [-0.25, -0.2) is 0 Å². The smallest absolute Gasteiger partial charge is 0.261 e. The Morgan fingerprint density at radius 1 is 1.14 bits per heavy atom. The molecule has 0 radical (unpaired) electrons. The molecule has 0 saturated carbocycles. The van der Waals surface area contributed by atoms with Crippen molar-refractivity contribution in [3.63, 3.8) is 0 Å². The Hall–Kier alpha value is -2.40. The molecule has 3 aromatic rings. The first kappa shape index (κ1) is 14.5. The quantitative estimate of drug-likeness (QED) is 0.710. The topological polar surface area (TPSA) is 54.0 Å². The number of hydrogen-bond acceptors (Lipinski definition) is 4. The normalized spacial score (nSPS) is 10.6. The number of benzene rings is 1. The Balaban J connectivity index is 1.54. The molecule has 0 atom stereocenters. The minimum atomic E-state index is -0.0182. The van der Waals surface area contributed by atoms with Crippen LogP contribution in [0.5, 0.6) is 0 Å². The molecule has 22 heavy (non-hydrogen) atoms. The highest BCUT2D eigenvalue weighted by atomic mass is 32.1. The van der Waals surface area contributed by atoms with E-state index >= 15 is 0 Å². The highest BCUT2D eigenvalue weighted by Crippen LogP contribution is 2.26. The zero-order chi connectivity index (χ0) is 15.4. The largest absolute Gasteiger partial charge is 0.383 e. The number of fused-ring (bicyclic) bond motifs is 1. The van der Waals surface area contributed by atoms with Crippen LogP contribution in [0.25, 0.3) is 10.1 Å². The fraction of sp³-hybridized carbons (Fsp3) is 0.176. The average Bonchev–Trinajstić information content (AvgIpc) is 2.95. The van der Waals surface area contributed by atoms with Crippen molar-refractivity contribution < 1.29 is 4.79 Å². The third-order valence-electron chi connectivity index (χ3n) is 3.32. The fourth-order valence-corrected chi connectivity index (χ4v) is 3.17. The monoisotopic (exact) mass is 311 g/mol. The number of thiophene rings is 1. The summed E-state index contributed by atoms with van der Waals surface area (Å²) in [6.07, 6.45) is 3.47. The third kappa shape index (κ3) is 3.43. The number of rotatable bonds is 5. The van der Waals surface area contributed by atoms with Gasteiger partial charge in [0.25, 0.3) is 5.91 Å². The van der Waals surface area contributed by atoms with E-state index in [-0.39, 0.29) is 5.91 Å². The Morgan fingerprint density at radius 3 is 2.77 bits per heavy atom. The minimum Gasteiger partial charge on any atom is -0.383 e. The minimum absolute atomic E-state index is 0.0182. The lowest BCUT2D eigenvalue weighted by Crippen LogP contribution is -2.28. The maximum absolute atomic E-state index is 12.2. The summed E-state index contributed by atoms with van der Waals surface area (Å²) in [4.78, 5) is 16.9. The average molecular weight is 311 g/mol. The highest BCUT2D eigenvalue weighted by Gasteiger charge is 2.09. The van der Waals surface area contributed by atoms with Crippen LogP contribution in [0.15, 0.2) is 48.8 Å². The first-order valence-corrected chi connectivity index (χ1v) is 7.96. The van der Waals surface area contributed by atoms with E-state index in [1.807, 2.05) is 18.2 Å². The van der Waals surface area contributed by atoms with Gasteiger partial charge in [0.2, 0.25) is 0 Å². The van der Waals surface area contributed by atoms with Crippen LogP contribution < -0.4 is 10.6 Å². The van der Waals surface area contributed by atoms with Crippen LogP contribution in [0.1, 0.15) is 15.2 Å². The summed E-state index contributed by atoms with van der Waals surface area (Å²) in [5.74, 6) is -0.0182. The number of nitrogens with zero attached hydrogens (tertiary/aromatic N) is 1. The van der Waals surface area contributed by atoms with Crippen LogP contribution in [0.2, 0.25) is 0 Å². The molecular formula is C17H17N3OS. The molecule has 1 amide bonds. The van der Waals surface area contributed by atoms with Crippen LogP contribution in [0.4, 0.5) is 5.69 Å². The highest BCUT2D eigenvalue weighted by molar-refractivity contribution is 7.20. The van der Waals surface area contributed by atoms with E-state index in [1.54, 1.807) is 12.4 Å². The van der Waals surface area contributed by atoms with Gasteiger partial charge in [0.1, 0.15) is 0 Å². The van der Waals surface area contributed by atoms with Gasteiger partial charge < -0.3 is 10.6 Å². The molecule has 0 unspecified atom stereocenters. The summed E-state index contributed by atoms with van der Waals surface area (Å²) >= 11 is 1.53. The lowest BCUT2D eigenvalue weighted by atomic mass is 10.2. The fourth-order valence-electron chi connectivity index (χ4n) is 2.21. The standard InChI is InChI=1S/C17H17N3OS/c1-12-2-3-15-13(10-12)11-16(22-15)17(21)20-9-8-19-14-4-6-18-7-5-14/h2-7,10-11H,8-9H2,1H3,(H,18,19)(H,20,21). The summed E-state index contributed by atoms with van der Waals surface area (Å²) < 4.78 is 1.14. The van der Waals surface area contributed by atoms with E-state index in [1.165, 1.54) is 16.9 Å². The lowest BCUT2D eigenvalue weighted by molar-refractivity contribution is 0.0959. The number of carbonyl (C=O) groups is 1. The molecule has 2 aromatic heterocycles. The lowest BCUT2D eigenvalue weighted by Gasteiger charge is -2.06. The number of anilines is 1. The Labute approximate surface area is 133 Å². The van der Waals surface area contributed by atoms with Gasteiger partial charge in [-0.3, -0.25) is 9.78 Å². The van der Waals surface area contributed by atoms with E-state index in [0.717, 1.165) is 20.7 Å². The van der Waals surface area contributed by atoms with Crippen molar-refractivity contribution in [3.05, 3.63) is 59.2 Å². The molecule has 2 N–H and O–H groups in total. The summed E-state index contributed by atoms with van der Waals surface area (Å²) in [5, 5.41) is 7.30. The predicted molar refractivity (Wildman–Crippen MR) is 91.6 cm³/mol. The Bertz CT molecular complexity index is 783. The van der Waals surface area contributed by atoms with Gasteiger partial charge in [0.15, 0.2) is 0 Å². The number of nitrogens with one attached hydrogen (secondary N) is 2. The van der Waals surface area contributed by atoms with Gasteiger partial charge in [0.05, 0.1) is 4.88 Å². The van der Waals surface area contributed by atoms with Crippen molar-refractivity contribution in [2.75, 3.05) is 18.4 Å². The first-order valence-electron chi connectivity index (χ1n) is 7.15. The van der Waals surface area contributed by atoms with Gasteiger partial charge >= 0.3 is 0 Å². The molecule has 112 valence electrons. The number of amides is 1. The zero-order valence-corrected chi connectivity index (χ0v) is 13.1. The maximum atomic E-state index is 12.2. The summed E-state index contributed by atoms with van der Waals surface area (Å²) in [6, 6.07) is 12.0. The molecule has 0 aliphatic carbocycles. The summed E-state index contributed by atoms with van der Waals surface area (Å²) in [6.45, 7) is 3.32. The van der Waals surface area contributed by atoms with Crippen LogP contribution >= 0.6 is 11.3 Å². The van der Waals surface area contributed by atoms with E-state index in [0.29, 0.717) is 13.1 Å². The van der Waals surface area contributed by atoms with Crippen molar-refractivity contribution in [1.82, 2.24) is 10.3 Å². The number of aryl methyl sites for hydroxylation is 1. The van der Waals surface area contributed by atoms with Gasteiger partial charge in [-0.05, 0) is 36.6 Å². The molecular weight excluding hydrogens is 294 g/mol. The van der Waals surface area contributed by atoms with Gasteiger partial charge in [-0.1, -0.05) is 17.7 Å². The van der Waals surface area contributed by atoms with Crippen LogP contribution in [-0.2, 0) is 0 Å². The zero-order valence-electron chi connectivity index (χ0n) is 12.3. The third-order valence-corrected chi connectivity index (χ3v) is 4.43.